The first-order valence-corrected chi connectivity index (χ1v) is 4.13. The summed E-state index contributed by atoms with van der Waals surface area (Å²) in [6, 6.07) is 0.00375. The van der Waals surface area contributed by atoms with E-state index < -0.39 is 0 Å². The van der Waals surface area contributed by atoms with E-state index in [0.29, 0.717) is 13.0 Å². The zero-order valence-electron chi connectivity index (χ0n) is 8.38. The van der Waals surface area contributed by atoms with Gasteiger partial charge in [0.1, 0.15) is 0 Å². The van der Waals surface area contributed by atoms with Crippen LogP contribution in [0.15, 0.2) is 0 Å². The second kappa shape index (κ2) is 9.10. The van der Waals surface area contributed by atoms with Crippen LogP contribution < -0.4 is 5.32 Å². The molecule has 0 aromatic carbocycles. The predicted molar refractivity (Wildman–Crippen MR) is 48.3 cm³/mol. The molecule has 0 aliphatic carbocycles. The minimum absolute atomic E-state index is 0. The van der Waals surface area contributed by atoms with E-state index in [0.717, 1.165) is 0 Å². The normalized spacial score (nSPS) is 14.2. The number of nitrogens with one attached hydrogen (secondary N) is 1. The van der Waals surface area contributed by atoms with Crippen LogP contribution in [-0.4, -0.2) is 25.7 Å². The minimum Gasteiger partial charge on any atom is -0.468 e. The molecule has 0 aliphatic rings. The maximum absolute atomic E-state index is 11.1. The van der Waals surface area contributed by atoms with Gasteiger partial charge >= 0.3 is 0 Å². The Bertz CT molecular complexity index is 138. The molecule has 0 fully saturated rings. The Morgan fingerprint density at radius 2 is 2.15 bits per heavy atom. The molecule has 0 spiro atoms. The number of ether oxygens (including phenoxy) is 1. The second-order valence-electron chi connectivity index (χ2n) is 2.54. The Labute approximate surface area is 106 Å². The topological polar surface area (TPSA) is 38.3 Å². The van der Waals surface area contributed by atoms with E-state index in [-0.39, 0.29) is 50.6 Å². The summed E-state index contributed by atoms with van der Waals surface area (Å²) in [6.07, 6.45) is 0.628. The standard InChI is InChI=1S/C9H17NO2.Y/c1-5-8(10-4)7(3)9(11)12-6-2;/h7-8,10H,1,3,5-6H2,2,4H3;/q-2;/t7-,8+;/m0./s1. The fourth-order valence-electron chi connectivity index (χ4n) is 0.960. The van der Waals surface area contributed by atoms with Gasteiger partial charge in [0.2, 0.25) is 0 Å². The first-order chi connectivity index (χ1) is 5.67. The SMILES string of the molecule is [CH2-]C[C@@H](NC)[C@H]([CH2-])C(=O)OCC.[Y]. The van der Waals surface area contributed by atoms with Crippen LogP contribution in [0.3, 0.4) is 0 Å². The van der Waals surface area contributed by atoms with Crippen molar-refractivity contribution in [1.29, 1.82) is 0 Å². The summed E-state index contributed by atoms with van der Waals surface area (Å²) in [7, 11) is 1.78. The van der Waals surface area contributed by atoms with Crippen molar-refractivity contribution in [2.75, 3.05) is 13.7 Å². The van der Waals surface area contributed by atoms with Crippen molar-refractivity contribution in [2.24, 2.45) is 5.92 Å². The third-order valence-corrected chi connectivity index (χ3v) is 1.76. The van der Waals surface area contributed by atoms with E-state index in [4.69, 9.17) is 4.74 Å². The van der Waals surface area contributed by atoms with Gasteiger partial charge in [0.15, 0.2) is 0 Å². The Morgan fingerprint density at radius 3 is 2.46 bits per heavy atom. The number of carbonyl (C=O) groups excluding carboxylic acids is 1. The molecule has 75 valence electrons. The van der Waals surface area contributed by atoms with Crippen LogP contribution in [0.25, 0.3) is 0 Å². The molecule has 3 nitrogen and oxygen atoms in total. The van der Waals surface area contributed by atoms with Crippen LogP contribution in [0.4, 0.5) is 0 Å². The van der Waals surface area contributed by atoms with Crippen LogP contribution in [0.2, 0.25) is 0 Å². The van der Waals surface area contributed by atoms with Crippen molar-refractivity contribution in [3.63, 3.8) is 0 Å². The van der Waals surface area contributed by atoms with E-state index in [1.165, 1.54) is 0 Å². The van der Waals surface area contributed by atoms with Crippen LogP contribution in [-0.2, 0) is 42.2 Å². The summed E-state index contributed by atoms with van der Waals surface area (Å²) in [5.41, 5.74) is 0. The smallest absolute Gasteiger partial charge is 0.279 e. The van der Waals surface area contributed by atoms with Gasteiger partial charge in [0.25, 0.3) is 5.97 Å². The average molecular weight is 260 g/mol. The number of hydrogen-bond donors (Lipinski definition) is 1. The van der Waals surface area contributed by atoms with Crippen molar-refractivity contribution < 1.29 is 42.2 Å². The number of carbonyl (C=O) groups is 1. The number of rotatable bonds is 5. The van der Waals surface area contributed by atoms with E-state index >= 15 is 0 Å². The van der Waals surface area contributed by atoms with Crippen LogP contribution >= 0.6 is 0 Å². The summed E-state index contributed by atoms with van der Waals surface area (Å²) in [5, 5.41) is 2.96. The Hall–Kier alpha value is 0.534. The molecule has 4 heteroatoms. The third-order valence-electron chi connectivity index (χ3n) is 1.76. The fourth-order valence-corrected chi connectivity index (χ4v) is 0.960. The molecular formula is C9H17NO2Y-2. The molecule has 0 heterocycles. The van der Waals surface area contributed by atoms with Crippen molar-refractivity contribution in [3.05, 3.63) is 13.8 Å². The molecule has 0 aromatic rings. The van der Waals surface area contributed by atoms with Gasteiger partial charge in [0.05, 0.1) is 6.61 Å². The Morgan fingerprint density at radius 1 is 1.62 bits per heavy atom. The molecule has 2 atom stereocenters. The van der Waals surface area contributed by atoms with Gasteiger partial charge in [0, 0.05) is 32.7 Å². The van der Waals surface area contributed by atoms with E-state index in [1.807, 2.05) is 0 Å². The first kappa shape index (κ1) is 16.0. The molecule has 1 radical (unpaired) electrons. The van der Waals surface area contributed by atoms with Crippen molar-refractivity contribution in [1.82, 2.24) is 5.32 Å². The zero-order chi connectivity index (χ0) is 9.56. The molecule has 0 aliphatic heterocycles. The maximum atomic E-state index is 11.1. The second-order valence-corrected chi connectivity index (χ2v) is 2.54. The molecule has 0 aromatic heterocycles. The Kier molecular flexibility index (Phi) is 11.2. The largest absolute Gasteiger partial charge is 0.468 e. The van der Waals surface area contributed by atoms with Crippen LogP contribution in [0.5, 0.6) is 0 Å². The van der Waals surface area contributed by atoms with E-state index in [9.17, 15) is 4.79 Å². The molecule has 0 unspecified atom stereocenters. The molecule has 0 rings (SSSR count). The summed E-state index contributed by atoms with van der Waals surface area (Å²) in [5.74, 6) is -0.632. The molecule has 0 saturated heterocycles. The summed E-state index contributed by atoms with van der Waals surface area (Å²) >= 11 is 0. The van der Waals surface area contributed by atoms with Gasteiger partial charge in [-0.3, -0.25) is 4.79 Å². The fraction of sp³-hybridized carbons (Fsp3) is 0.667. The van der Waals surface area contributed by atoms with Gasteiger partial charge in [-0.2, -0.15) is 6.42 Å². The maximum Gasteiger partial charge on any atom is 0.279 e. The van der Waals surface area contributed by atoms with Crippen molar-refractivity contribution in [2.45, 2.75) is 19.4 Å². The van der Waals surface area contributed by atoms with E-state index in [1.54, 1.807) is 14.0 Å². The van der Waals surface area contributed by atoms with E-state index in [2.05, 4.69) is 19.2 Å². The van der Waals surface area contributed by atoms with Crippen LogP contribution in [0.1, 0.15) is 13.3 Å². The predicted octanol–water partition coefficient (Wildman–Crippen LogP) is 0.809. The van der Waals surface area contributed by atoms with Gasteiger partial charge in [-0.15, -0.1) is 0 Å². The van der Waals surface area contributed by atoms with Crippen molar-refractivity contribution >= 4 is 5.97 Å². The molecule has 0 amide bonds. The zero-order valence-corrected chi connectivity index (χ0v) is 11.2. The number of esters is 1. The van der Waals surface area contributed by atoms with Crippen molar-refractivity contribution in [3.8, 4) is 0 Å². The average Bonchev–Trinajstić information content (AvgIpc) is 2.07. The molecule has 13 heavy (non-hydrogen) atoms. The van der Waals surface area contributed by atoms with Gasteiger partial charge in [-0.05, 0) is 20.0 Å². The summed E-state index contributed by atoms with van der Waals surface area (Å²) in [6.45, 7) is 9.61. The van der Waals surface area contributed by atoms with Crippen LogP contribution in [0, 0.1) is 19.8 Å². The van der Waals surface area contributed by atoms with Gasteiger partial charge in [-0.25, -0.2) is 0 Å². The third kappa shape index (κ3) is 5.76. The summed E-state index contributed by atoms with van der Waals surface area (Å²) in [4.78, 5) is 11.1. The summed E-state index contributed by atoms with van der Waals surface area (Å²) < 4.78 is 4.82. The Balaban J connectivity index is 0. The first-order valence-electron chi connectivity index (χ1n) is 4.13. The minimum atomic E-state index is -0.368. The quantitative estimate of drug-likeness (QED) is 0.587. The molecule has 1 N–H and O–H groups in total. The number of hydrogen-bond acceptors (Lipinski definition) is 3. The van der Waals surface area contributed by atoms with Gasteiger partial charge < -0.3 is 23.9 Å². The molecule has 0 saturated carbocycles. The van der Waals surface area contributed by atoms with Gasteiger partial charge in [-0.1, -0.05) is 5.92 Å². The molecule has 0 bridgehead atoms. The monoisotopic (exact) mass is 260 g/mol. The molecular weight excluding hydrogens is 243 g/mol.